The lowest BCUT2D eigenvalue weighted by Gasteiger charge is -2.18. The van der Waals surface area contributed by atoms with Gasteiger partial charge in [-0.2, -0.15) is 0 Å². The molecule has 0 bridgehead atoms. The Kier molecular flexibility index (Phi) is 5.79. The molecule has 2 aromatic carbocycles. The second-order valence-corrected chi connectivity index (χ2v) is 8.18. The quantitative estimate of drug-likeness (QED) is 0.536. The number of nitrogens with zero attached hydrogens (tertiary/aromatic N) is 1. The minimum Gasteiger partial charge on any atom is -0.349 e. The van der Waals surface area contributed by atoms with Crippen molar-refractivity contribution in [2.75, 3.05) is 5.32 Å². The Balaban J connectivity index is 1.67. The molecule has 1 amide bonds. The minimum atomic E-state index is -0.000450. The van der Waals surface area contributed by atoms with Crippen LogP contribution in [0.25, 0.3) is 10.9 Å². The van der Waals surface area contributed by atoms with Crippen molar-refractivity contribution in [1.82, 2.24) is 10.3 Å². The highest BCUT2D eigenvalue weighted by Gasteiger charge is 2.18. The van der Waals surface area contributed by atoms with E-state index in [1.54, 1.807) is 0 Å². The maximum atomic E-state index is 13.2. The number of aryl methyl sites for hydroxylation is 2. The summed E-state index contributed by atoms with van der Waals surface area (Å²) >= 11 is 0. The lowest BCUT2D eigenvalue weighted by atomic mass is 10.1. The zero-order chi connectivity index (χ0) is 20.2. The molecule has 150 valence electrons. The van der Waals surface area contributed by atoms with Crippen LogP contribution in [0.1, 0.15) is 60.0 Å². The van der Waals surface area contributed by atoms with Crippen molar-refractivity contribution in [2.45, 2.75) is 58.4 Å². The predicted molar refractivity (Wildman–Crippen MR) is 120 cm³/mol. The summed E-state index contributed by atoms with van der Waals surface area (Å²) in [6.07, 6.45) is 7.08. The summed E-state index contributed by atoms with van der Waals surface area (Å²) in [4.78, 5) is 18.0. The lowest BCUT2D eigenvalue weighted by Crippen LogP contribution is -2.34. The van der Waals surface area contributed by atoms with Gasteiger partial charge in [0.05, 0.1) is 11.1 Å². The Hall–Kier alpha value is -2.88. The zero-order valence-corrected chi connectivity index (χ0v) is 17.3. The standard InChI is InChI=1S/C25H29N3O/c1-17-13-14-18(2)23(15-17)28-24-16-21(20-11-7-8-12-22(20)27-24)25(29)26-19-9-5-3-4-6-10-19/h7-8,11-16,19H,3-6,9-10H2,1-2H3,(H,26,29)(H,27,28). The zero-order valence-electron chi connectivity index (χ0n) is 17.3. The molecule has 3 aromatic rings. The molecule has 0 unspecified atom stereocenters. The molecule has 0 atom stereocenters. The predicted octanol–water partition coefficient (Wildman–Crippen LogP) is 6.05. The first-order valence-electron chi connectivity index (χ1n) is 10.6. The molecule has 1 heterocycles. The van der Waals surface area contributed by atoms with Gasteiger partial charge in [0.1, 0.15) is 5.82 Å². The van der Waals surface area contributed by atoms with Crippen LogP contribution in [0.4, 0.5) is 11.5 Å². The Morgan fingerprint density at radius 2 is 1.72 bits per heavy atom. The summed E-state index contributed by atoms with van der Waals surface area (Å²) in [7, 11) is 0. The van der Waals surface area contributed by atoms with Crippen molar-refractivity contribution < 1.29 is 4.79 Å². The fraction of sp³-hybridized carbons (Fsp3) is 0.360. The van der Waals surface area contributed by atoms with Gasteiger partial charge in [-0.05, 0) is 56.0 Å². The number of amides is 1. The molecule has 2 N–H and O–H groups in total. The maximum Gasteiger partial charge on any atom is 0.252 e. The fourth-order valence-electron chi connectivity index (χ4n) is 4.12. The number of benzene rings is 2. The van der Waals surface area contributed by atoms with Crippen molar-refractivity contribution in [1.29, 1.82) is 0 Å². The van der Waals surface area contributed by atoms with E-state index in [0.29, 0.717) is 11.4 Å². The van der Waals surface area contributed by atoms with E-state index < -0.39 is 0 Å². The molecule has 1 aromatic heterocycles. The number of carbonyl (C=O) groups excluding carboxylic acids is 1. The van der Waals surface area contributed by atoms with E-state index in [2.05, 4.69) is 42.7 Å². The van der Waals surface area contributed by atoms with Gasteiger partial charge in [-0.1, -0.05) is 56.0 Å². The summed E-state index contributed by atoms with van der Waals surface area (Å²) in [5.41, 5.74) is 4.87. The number of hydrogen-bond donors (Lipinski definition) is 2. The Morgan fingerprint density at radius 1 is 0.966 bits per heavy atom. The number of anilines is 2. The van der Waals surface area contributed by atoms with Crippen LogP contribution in [0.15, 0.2) is 48.5 Å². The van der Waals surface area contributed by atoms with Crippen molar-refractivity contribution >= 4 is 28.3 Å². The number of hydrogen-bond acceptors (Lipinski definition) is 3. The number of para-hydroxylation sites is 1. The lowest BCUT2D eigenvalue weighted by molar-refractivity contribution is 0.0935. The van der Waals surface area contributed by atoms with Gasteiger partial charge in [-0.15, -0.1) is 0 Å². The first kappa shape index (κ1) is 19.4. The van der Waals surface area contributed by atoms with Crippen molar-refractivity contribution in [2.24, 2.45) is 0 Å². The van der Waals surface area contributed by atoms with Gasteiger partial charge in [0.25, 0.3) is 5.91 Å². The van der Waals surface area contributed by atoms with E-state index in [1.807, 2.05) is 30.3 Å². The van der Waals surface area contributed by atoms with E-state index in [4.69, 9.17) is 4.98 Å². The maximum absolute atomic E-state index is 13.2. The van der Waals surface area contributed by atoms with Crippen LogP contribution < -0.4 is 10.6 Å². The van der Waals surface area contributed by atoms with Crippen LogP contribution in [-0.4, -0.2) is 16.9 Å². The molecular weight excluding hydrogens is 358 g/mol. The Labute approximate surface area is 172 Å². The highest BCUT2D eigenvalue weighted by molar-refractivity contribution is 6.07. The average molecular weight is 388 g/mol. The van der Waals surface area contributed by atoms with Crippen LogP contribution in [0.5, 0.6) is 0 Å². The number of carbonyl (C=O) groups is 1. The second-order valence-electron chi connectivity index (χ2n) is 8.18. The molecular formula is C25H29N3O. The summed E-state index contributed by atoms with van der Waals surface area (Å²) in [6, 6.07) is 16.3. The summed E-state index contributed by atoms with van der Waals surface area (Å²) in [5, 5.41) is 7.60. The van der Waals surface area contributed by atoms with Gasteiger partial charge in [-0.3, -0.25) is 4.79 Å². The van der Waals surface area contributed by atoms with Crippen LogP contribution in [0, 0.1) is 13.8 Å². The molecule has 0 spiro atoms. The Bertz CT molecular complexity index is 1020. The van der Waals surface area contributed by atoms with Crippen molar-refractivity contribution in [3.8, 4) is 0 Å². The highest BCUT2D eigenvalue weighted by Crippen LogP contribution is 2.26. The van der Waals surface area contributed by atoms with Gasteiger partial charge in [0.2, 0.25) is 0 Å². The van der Waals surface area contributed by atoms with Gasteiger partial charge in [0, 0.05) is 17.1 Å². The molecule has 0 aliphatic heterocycles. The minimum absolute atomic E-state index is 0.000450. The molecule has 1 fully saturated rings. The molecule has 4 rings (SSSR count). The first-order chi connectivity index (χ1) is 14.1. The van der Waals surface area contributed by atoms with Crippen molar-refractivity contribution in [3.63, 3.8) is 0 Å². The van der Waals surface area contributed by atoms with Crippen LogP contribution in [-0.2, 0) is 0 Å². The topological polar surface area (TPSA) is 54.0 Å². The SMILES string of the molecule is Cc1ccc(C)c(Nc2cc(C(=O)NC3CCCCCC3)c3ccccc3n2)c1. The number of aromatic nitrogens is 1. The third-order valence-corrected chi connectivity index (χ3v) is 5.81. The average Bonchev–Trinajstić information content (AvgIpc) is 2.99. The van der Waals surface area contributed by atoms with E-state index in [0.717, 1.165) is 35.0 Å². The molecule has 4 heteroatoms. The molecule has 1 aliphatic rings. The van der Waals surface area contributed by atoms with E-state index in [-0.39, 0.29) is 11.9 Å². The first-order valence-corrected chi connectivity index (χ1v) is 10.6. The Morgan fingerprint density at radius 3 is 2.52 bits per heavy atom. The van der Waals surface area contributed by atoms with Crippen molar-refractivity contribution in [3.05, 3.63) is 65.2 Å². The second kappa shape index (κ2) is 8.64. The van der Waals surface area contributed by atoms with Gasteiger partial charge >= 0.3 is 0 Å². The highest BCUT2D eigenvalue weighted by atomic mass is 16.1. The van der Waals surface area contributed by atoms with E-state index in [9.17, 15) is 4.79 Å². The normalized spacial score (nSPS) is 15.1. The molecule has 1 saturated carbocycles. The van der Waals surface area contributed by atoms with Crippen LogP contribution in [0.3, 0.4) is 0 Å². The largest absolute Gasteiger partial charge is 0.349 e. The third-order valence-electron chi connectivity index (χ3n) is 5.81. The number of fused-ring (bicyclic) bond motifs is 1. The molecule has 0 radical (unpaired) electrons. The van der Waals surface area contributed by atoms with Crippen LogP contribution in [0.2, 0.25) is 0 Å². The van der Waals surface area contributed by atoms with Crippen LogP contribution >= 0.6 is 0 Å². The van der Waals surface area contributed by atoms with E-state index >= 15 is 0 Å². The summed E-state index contributed by atoms with van der Waals surface area (Å²) in [6.45, 7) is 4.15. The number of nitrogens with one attached hydrogen (secondary N) is 2. The number of pyridine rings is 1. The summed E-state index contributed by atoms with van der Waals surface area (Å²) < 4.78 is 0. The van der Waals surface area contributed by atoms with Gasteiger partial charge in [0.15, 0.2) is 0 Å². The molecule has 29 heavy (non-hydrogen) atoms. The summed E-state index contributed by atoms with van der Waals surface area (Å²) in [5.74, 6) is 0.697. The third kappa shape index (κ3) is 4.58. The molecule has 0 saturated heterocycles. The van der Waals surface area contributed by atoms with Gasteiger partial charge in [-0.25, -0.2) is 4.98 Å². The smallest absolute Gasteiger partial charge is 0.252 e. The van der Waals surface area contributed by atoms with E-state index in [1.165, 1.54) is 31.2 Å². The molecule has 1 aliphatic carbocycles. The van der Waals surface area contributed by atoms with Gasteiger partial charge < -0.3 is 10.6 Å². The fourth-order valence-corrected chi connectivity index (χ4v) is 4.12. The molecule has 4 nitrogen and oxygen atoms in total. The number of rotatable bonds is 4. The monoisotopic (exact) mass is 387 g/mol.